The fourth-order valence-corrected chi connectivity index (χ4v) is 3.11. The van der Waals surface area contributed by atoms with Crippen LogP contribution in [-0.4, -0.2) is 22.5 Å². The molecule has 1 aliphatic rings. The summed E-state index contributed by atoms with van der Waals surface area (Å²) in [4.78, 5) is 10.4. The standard InChI is InChI=1S/C11H12ClFN2O2S/c12-8-4-11(15(16)17)10(5-9(8)13)14-7-2-1-3-18-6-7/h4-5,7,14H,1-3,6H2. The molecule has 0 amide bonds. The second kappa shape index (κ2) is 5.75. The minimum atomic E-state index is -0.645. The van der Waals surface area contributed by atoms with E-state index in [2.05, 4.69) is 5.32 Å². The molecule has 1 saturated heterocycles. The molecule has 0 aliphatic carbocycles. The molecular formula is C11H12ClFN2O2S. The van der Waals surface area contributed by atoms with Crippen LogP contribution in [0.1, 0.15) is 12.8 Å². The second-order valence-electron chi connectivity index (χ2n) is 4.10. The van der Waals surface area contributed by atoms with Crippen molar-refractivity contribution in [1.29, 1.82) is 0 Å². The fourth-order valence-electron chi connectivity index (χ4n) is 1.88. The van der Waals surface area contributed by atoms with Crippen molar-refractivity contribution < 1.29 is 9.31 Å². The minimum absolute atomic E-state index is 0.142. The Morgan fingerprint density at radius 3 is 2.94 bits per heavy atom. The summed E-state index contributed by atoms with van der Waals surface area (Å²) in [6.45, 7) is 0. The lowest BCUT2D eigenvalue weighted by Crippen LogP contribution is -2.26. The van der Waals surface area contributed by atoms with Crippen LogP contribution in [0, 0.1) is 15.9 Å². The van der Waals surface area contributed by atoms with Crippen molar-refractivity contribution >= 4 is 34.7 Å². The summed E-state index contributed by atoms with van der Waals surface area (Å²) in [5.74, 6) is 1.34. The van der Waals surface area contributed by atoms with Gasteiger partial charge in [0.1, 0.15) is 11.5 Å². The SMILES string of the molecule is O=[N+]([O-])c1cc(Cl)c(F)cc1NC1CCCSC1. The van der Waals surface area contributed by atoms with Gasteiger partial charge in [-0.05, 0) is 18.6 Å². The molecule has 2 rings (SSSR count). The Morgan fingerprint density at radius 2 is 2.33 bits per heavy atom. The predicted molar refractivity (Wildman–Crippen MR) is 72.0 cm³/mol. The van der Waals surface area contributed by atoms with Gasteiger partial charge in [-0.3, -0.25) is 10.1 Å². The summed E-state index contributed by atoms with van der Waals surface area (Å²) in [7, 11) is 0. The molecule has 0 spiro atoms. The highest BCUT2D eigenvalue weighted by Gasteiger charge is 2.21. The van der Waals surface area contributed by atoms with E-state index in [1.165, 1.54) is 0 Å². The van der Waals surface area contributed by atoms with E-state index in [-0.39, 0.29) is 22.4 Å². The molecular weight excluding hydrogens is 279 g/mol. The number of nitro benzene ring substituents is 1. The molecule has 1 unspecified atom stereocenters. The molecule has 1 N–H and O–H groups in total. The molecule has 1 heterocycles. The summed E-state index contributed by atoms with van der Waals surface area (Å²) >= 11 is 7.35. The monoisotopic (exact) mass is 290 g/mol. The molecule has 1 aromatic rings. The normalized spacial score (nSPS) is 19.6. The third-order valence-electron chi connectivity index (χ3n) is 2.76. The number of thioether (sulfide) groups is 1. The molecule has 1 aliphatic heterocycles. The number of nitrogens with zero attached hydrogens (tertiary/aromatic N) is 1. The van der Waals surface area contributed by atoms with Gasteiger partial charge in [-0.2, -0.15) is 11.8 Å². The molecule has 1 fully saturated rings. The van der Waals surface area contributed by atoms with E-state index in [9.17, 15) is 14.5 Å². The first-order valence-corrected chi connectivity index (χ1v) is 7.09. The zero-order valence-corrected chi connectivity index (χ0v) is 11.1. The first-order valence-electron chi connectivity index (χ1n) is 5.55. The topological polar surface area (TPSA) is 55.2 Å². The third-order valence-corrected chi connectivity index (χ3v) is 4.26. The zero-order chi connectivity index (χ0) is 13.1. The lowest BCUT2D eigenvalue weighted by Gasteiger charge is -2.23. The maximum atomic E-state index is 13.4. The lowest BCUT2D eigenvalue weighted by molar-refractivity contribution is -0.384. The van der Waals surface area contributed by atoms with Crippen LogP contribution in [0.15, 0.2) is 12.1 Å². The number of halogens is 2. The smallest absolute Gasteiger partial charge is 0.294 e. The quantitative estimate of drug-likeness (QED) is 0.681. The van der Waals surface area contributed by atoms with Crippen LogP contribution in [-0.2, 0) is 0 Å². The average Bonchev–Trinajstić information content (AvgIpc) is 2.34. The highest BCUT2D eigenvalue weighted by molar-refractivity contribution is 7.99. The van der Waals surface area contributed by atoms with Gasteiger partial charge in [0.25, 0.3) is 5.69 Å². The van der Waals surface area contributed by atoms with Crippen molar-refractivity contribution in [3.8, 4) is 0 Å². The largest absolute Gasteiger partial charge is 0.376 e. The minimum Gasteiger partial charge on any atom is -0.376 e. The van der Waals surface area contributed by atoms with E-state index >= 15 is 0 Å². The fraction of sp³-hybridized carbons (Fsp3) is 0.455. The molecule has 0 radical (unpaired) electrons. The van der Waals surface area contributed by atoms with E-state index in [1.54, 1.807) is 11.8 Å². The van der Waals surface area contributed by atoms with Crippen LogP contribution in [0.4, 0.5) is 15.8 Å². The van der Waals surface area contributed by atoms with Gasteiger partial charge in [0.2, 0.25) is 0 Å². The summed E-state index contributed by atoms with van der Waals surface area (Å²) in [6, 6.07) is 2.29. The van der Waals surface area contributed by atoms with Gasteiger partial charge in [0.15, 0.2) is 0 Å². The highest BCUT2D eigenvalue weighted by atomic mass is 35.5. The Balaban J connectivity index is 2.24. The Hall–Kier alpha value is -1.01. The van der Waals surface area contributed by atoms with Crippen LogP contribution in [0.25, 0.3) is 0 Å². The van der Waals surface area contributed by atoms with Crippen molar-refractivity contribution in [3.63, 3.8) is 0 Å². The summed E-state index contributed by atoms with van der Waals surface area (Å²) in [5.41, 5.74) is 0.0198. The third kappa shape index (κ3) is 3.05. The van der Waals surface area contributed by atoms with E-state index in [0.717, 1.165) is 36.5 Å². The first-order chi connectivity index (χ1) is 8.58. The summed E-state index contributed by atoms with van der Waals surface area (Å²) in [5, 5.41) is 13.7. The molecule has 98 valence electrons. The zero-order valence-electron chi connectivity index (χ0n) is 9.49. The maximum Gasteiger partial charge on any atom is 0.294 e. The van der Waals surface area contributed by atoms with Crippen LogP contribution in [0.5, 0.6) is 0 Å². The van der Waals surface area contributed by atoms with Gasteiger partial charge < -0.3 is 5.32 Å². The number of anilines is 1. The predicted octanol–water partition coefficient (Wildman–Crippen LogP) is 3.69. The van der Waals surface area contributed by atoms with E-state index in [4.69, 9.17) is 11.6 Å². The molecule has 0 aromatic heterocycles. The van der Waals surface area contributed by atoms with Crippen molar-refractivity contribution in [2.75, 3.05) is 16.8 Å². The van der Waals surface area contributed by atoms with Crippen molar-refractivity contribution in [2.24, 2.45) is 0 Å². The van der Waals surface area contributed by atoms with Crippen molar-refractivity contribution in [1.82, 2.24) is 0 Å². The Kier molecular flexibility index (Phi) is 4.29. The highest BCUT2D eigenvalue weighted by Crippen LogP contribution is 2.32. The van der Waals surface area contributed by atoms with Gasteiger partial charge in [0.05, 0.1) is 9.95 Å². The number of hydrogen-bond donors (Lipinski definition) is 1. The van der Waals surface area contributed by atoms with Crippen LogP contribution in [0.2, 0.25) is 5.02 Å². The van der Waals surface area contributed by atoms with Crippen LogP contribution < -0.4 is 5.32 Å². The Labute approximate surface area is 113 Å². The lowest BCUT2D eigenvalue weighted by atomic mass is 10.1. The molecule has 0 bridgehead atoms. The number of hydrogen-bond acceptors (Lipinski definition) is 4. The Morgan fingerprint density at radius 1 is 1.56 bits per heavy atom. The molecule has 7 heteroatoms. The second-order valence-corrected chi connectivity index (χ2v) is 5.66. The van der Waals surface area contributed by atoms with Crippen LogP contribution >= 0.6 is 23.4 Å². The van der Waals surface area contributed by atoms with E-state index in [1.807, 2.05) is 0 Å². The molecule has 1 atom stereocenters. The van der Waals surface area contributed by atoms with Gasteiger partial charge in [0, 0.05) is 23.9 Å². The van der Waals surface area contributed by atoms with E-state index < -0.39 is 10.7 Å². The average molecular weight is 291 g/mol. The van der Waals surface area contributed by atoms with Gasteiger partial charge >= 0.3 is 0 Å². The number of benzene rings is 1. The number of nitro groups is 1. The summed E-state index contributed by atoms with van der Waals surface area (Å²) < 4.78 is 13.4. The number of rotatable bonds is 3. The molecule has 18 heavy (non-hydrogen) atoms. The summed E-state index contributed by atoms with van der Waals surface area (Å²) in [6.07, 6.45) is 2.00. The first kappa shape index (κ1) is 13.4. The van der Waals surface area contributed by atoms with E-state index in [0.29, 0.717) is 0 Å². The molecule has 4 nitrogen and oxygen atoms in total. The number of nitrogens with one attached hydrogen (secondary N) is 1. The van der Waals surface area contributed by atoms with Crippen LogP contribution in [0.3, 0.4) is 0 Å². The van der Waals surface area contributed by atoms with Crippen molar-refractivity contribution in [3.05, 3.63) is 33.1 Å². The van der Waals surface area contributed by atoms with Gasteiger partial charge in [-0.25, -0.2) is 4.39 Å². The molecule has 1 aromatic carbocycles. The maximum absolute atomic E-state index is 13.4. The van der Waals surface area contributed by atoms with Gasteiger partial charge in [-0.15, -0.1) is 0 Å². The van der Waals surface area contributed by atoms with Gasteiger partial charge in [-0.1, -0.05) is 11.6 Å². The molecule has 0 saturated carbocycles. The Bertz CT molecular complexity index is 467. The van der Waals surface area contributed by atoms with Crippen molar-refractivity contribution in [2.45, 2.75) is 18.9 Å².